The molecule has 0 bridgehead atoms. The molecule has 0 aromatic carbocycles. The summed E-state index contributed by atoms with van der Waals surface area (Å²) in [7, 11) is 1.94. The molecule has 0 aliphatic heterocycles. The number of hydrogen-bond acceptors (Lipinski definition) is 3. The third kappa shape index (κ3) is 7.80. The van der Waals surface area contributed by atoms with E-state index in [4.69, 9.17) is 0 Å². The van der Waals surface area contributed by atoms with Crippen LogP contribution in [0.3, 0.4) is 0 Å². The van der Waals surface area contributed by atoms with Crippen LogP contribution in [0.5, 0.6) is 0 Å². The minimum Gasteiger partial charge on any atom is -0.341 e. The van der Waals surface area contributed by atoms with Gasteiger partial charge in [-0.15, -0.1) is 0 Å². The topological polar surface area (TPSA) is 52.0 Å². The summed E-state index contributed by atoms with van der Waals surface area (Å²) in [6.07, 6.45) is 5.72. The minimum atomic E-state index is -0.345. The van der Waals surface area contributed by atoms with Crippen LogP contribution in [0, 0.1) is 0 Å². The fraction of sp³-hybridized carbons (Fsp3) is 0.444. The van der Waals surface area contributed by atoms with Crippen LogP contribution in [-0.4, -0.2) is 21.1 Å². The summed E-state index contributed by atoms with van der Waals surface area (Å²) in [6, 6.07) is 0. The first kappa shape index (κ1) is 15.6. The first-order valence-corrected chi connectivity index (χ1v) is 4.03. The second-order valence-corrected chi connectivity index (χ2v) is 2.56. The van der Waals surface area contributed by atoms with E-state index >= 15 is 0 Å². The Bertz CT molecular complexity index is 270. The predicted molar refractivity (Wildman–Crippen MR) is 49.2 cm³/mol. The molecule has 0 saturated carbocycles. The van der Waals surface area contributed by atoms with Crippen molar-refractivity contribution in [3.8, 4) is 0 Å². The van der Waals surface area contributed by atoms with Crippen molar-refractivity contribution in [2.24, 2.45) is 7.05 Å². The summed E-state index contributed by atoms with van der Waals surface area (Å²) in [5.74, 6) is -0.637. The van der Waals surface area contributed by atoms with Crippen molar-refractivity contribution in [2.45, 2.75) is 20.3 Å². The number of aryl methyl sites for hydroxylation is 1. The van der Waals surface area contributed by atoms with E-state index in [2.05, 4.69) is 4.98 Å². The normalized spacial score (nSPS) is 7.93. The number of nitrogens with zero attached hydrogens (tertiary/aromatic N) is 2. The van der Waals surface area contributed by atoms with E-state index in [9.17, 15) is 9.59 Å². The molecule has 0 radical (unpaired) electrons. The third-order valence-corrected chi connectivity index (χ3v) is 1.35. The number of carbonyl (C=O) groups excluding carboxylic acids is 2. The van der Waals surface area contributed by atoms with Crippen molar-refractivity contribution in [2.75, 3.05) is 0 Å². The molecule has 0 N–H and O–H groups in total. The Labute approximate surface area is 96.5 Å². The van der Waals surface area contributed by atoms with E-state index < -0.39 is 0 Å². The molecular weight excluding hydrogens is 234 g/mol. The molecule has 0 amide bonds. The standard InChI is InChI=1S/C5H8O2.C4H6N2.Zn/c1-3-5(7)4(2)6;1-6-3-2-5-4-6;/h3H2,1-2H3;2-4H,1H3;. The van der Waals surface area contributed by atoms with E-state index in [0.29, 0.717) is 6.42 Å². The number of carbonyl (C=O) groups is 2. The molecule has 0 fully saturated rings. The molecule has 0 aliphatic rings. The molecule has 0 unspecified atom stereocenters. The molecule has 4 nitrogen and oxygen atoms in total. The van der Waals surface area contributed by atoms with Crippen molar-refractivity contribution in [3.05, 3.63) is 18.7 Å². The van der Waals surface area contributed by atoms with Crippen LogP contribution >= 0.6 is 0 Å². The molecule has 0 saturated heterocycles. The van der Waals surface area contributed by atoms with Gasteiger partial charge in [0, 0.05) is 52.3 Å². The Morgan fingerprint density at radius 3 is 2.07 bits per heavy atom. The summed E-state index contributed by atoms with van der Waals surface area (Å²) < 4.78 is 1.89. The third-order valence-electron chi connectivity index (χ3n) is 1.35. The van der Waals surface area contributed by atoms with Crippen LogP contribution in [0.15, 0.2) is 18.7 Å². The zero-order valence-corrected chi connectivity index (χ0v) is 11.8. The summed E-state index contributed by atoms with van der Waals surface area (Å²) >= 11 is 0. The second-order valence-electron chi connectivity index (χ2n) is 2.56. The van der Waals surface area contributed by atoms with Crippen LogP contribution in [0.2, 0.25) is 0 Å². The monoisotopic (exact) mass is 246 g/mol. The maximum Gasteiger partial charge on any atom is 0.197 e. The Balaban J connectivity index is 0. The summed E-state index contributed by atoms with van der Waals surface area (Å²) in [5.41, 5.74) is 0. The van der Waals surface area contributed by atoms with Gasteiger partial charge in [0.2, 0.25) is 0 Å². The van der Waals surface area contributed by atoms with Gasteiger partial charge in [0.25, 0.3) is 0 Å². The van der Waals surface area contributed by atoms with Crippen LogP contribution in [0.4, 0.5) is 0 Å². The van der Waals surface area contributed by atoms with Crippen molar-refractivity contribution in [3.63, 3.8) is 0 Å². The van der Waals surface area contributed by atoms with E-state index in [0.717, 1.165) is 0 Å². The van der Waals surface area contributed by atoms with E-state index in [1.165, 1.54) is 6.92 Å². The molecule has 5 heteroatoms. The van der Waals surface area contributed by atoms with Gasteiger partial charge in [-0.3, -0.25) is 9.59 Å². The van der Waals surface area contributed by atoms with Gasteiger partial charge in [0.1, 0.15) is 0 Å². The Hall–Kier alpha value is -0.827. The van der Waals surface area contributed by atoms with Crippen LogP contribution in [0.25, 0.3) is 0 Å². The molecule has 74 valence electrons. The molecule has 1 aromatic rings. The van der Waals surface area contributed by atoms with Gasteiger partial charge < -0.3 is 4.57 Å². The zero-order chi connectivity index (χ0) is 10.3. The van der Waals surface area contributed by atoms with Gasteiger partial charge in [0.05, 0.1) is 6.33 Å². The summed E-state index contributed by atoms with van der Waals surface area (Å²) in [6.45, 7) is 2.95. The fourth-order valence-electron chi connectivity index (χ4n) is 0.575. The summed E-state index contributed by atoms with van der Waals surface area (Å²) in [4.78, 5) is 24.0. The van der Waals surface area contributed by atoms with Gasteiger partial charge >= 0.3 is 0 Å². The average molecular weight is 248 g/mol. The number of aromatic nitrogens is 2. The molecule has 14 heavy (non-hydrogen) atoms. The molecule has 1 aromatic heterocycles. The first-order chi connectivity index (χ1) is 6.07. The number of Topliss-reactive ketones (excluding diaryl/α,β-unsaturated/α-hetero) is 2. The molecule has 1 rings (SSSR count). The van der Waals surface area contributed by atoms with Crippen LogP contribution in [-0.2, 0) is 36.1 Å². The number of hydrogen-bond donors (Lipinski definition) is 0. The predicted octanol–water partition coefficient (Wildman–Crippen LogP) is 0.972. The van der Waals surface area contributed by atoms with Crippen molar-refractivity contribution < 1.29 is 29.1 Å². The van der Waals surface area contributed by atoms with Gasteiger partial charge in [0.15, 0.2) is 11.6 Å². The first-order valence-electron chi connectivity index (χ1n) is 4.03. The van der Waals surface area contributed by atoms with Gasteiger partial charge in [-0.05, 0) is 0 Å². The minimum absolute atomic E-state index is 0. The second kappa shape index (κ2) is 8.76. The molecule has 0 aliphatic carbocycles. The van der Waals surface area contributed by atoms with Crippen molar-refractivity contribution in [1.82, 2.24) is 9.55 Å². The Morgan fingerprint density at radius 1 is 1.43 bits per heavy atom. The number of ketones is 2. The quantitative estimate of drug-likeness (QED) is 0.578. The van der Waals surface area contributed by atoms with E-state index in [1.807, 2.05) is 17.8 Å². The van der Waals surface area contributed by atoms with Gasteiger partial charge in [-0.1, -0.05) is 6.92 Å². The van der Waals surface area contributed by atoms with Gasteiger partial charge in [-0.25, -0.2) is 4.98 Å². The molecular formula is C9H14N2O2Zn. The Kier molecular flexibility index (Phi) is 9.78. The fourth-order valence-corrected chi connectivity index (χ4v) is 0.575. The summed E-state index contributed by atoms with van der Waals surface area (Å²) in [5, 5.41) is 0. The zero-order valence-electron chi connectivity index (χ0n) is 8.86. The smallest absolute Gasteiger partial charge is 0.197 e. The van der Waals surface area contributed by atoms with Crippen LogP contribution in [0.1, 0.15) is 20.3 Å². The van der Waals surface area contributed by atoms with E-state index in [-0.39, 0.29) is 31.0 Å². The van der Waals surface area contributed by atoms with Crippen molar-refractivity contribution >= 4 is 11.6 Å². The van der Waals surface area contributed by atoms with Gasteiger partial charge in [-0.2, -0.15) is 0 Å². The molecule has 0 atom stereocenters. The maximum absolute atomic E-state index is 10.2. The molecule has 1 heterocycles. The Morgan fingerprint density at radius 2 is 2.00 bits per heavy atom. The largest absolute Gasteiger partial charge is 0.341 e. The van der Waals surface area contributed by atoms with E-state index in [1.54, 1.807) is 19.4 Å². The molecule has 0 spiro atoms. The SMILES string of the molecule is CCC(=O)C(C)=O.Cn1ccnc1.[Zn]. The number of imidazole rings is 1. The van der Waals surface area contributed by atoms with Crippen LogP contribution < -0.4 is 0 Å². The van der Waals surface area contributed by atoms with Crippen molar-refractivity contribution in [1.29, 1.82) is 0 Å². The maximum atomic E-state index is 10.2. The average Bonchev–Trinajstić information content (AvgIpc) is 2.55. The number of rotatable bonds is 2.